The van der Waals surface area contributed by atoms with Crippen LogP contribution in [0.4, 0.5) is 0 Å². The molecule has 0 fully saturated rings. The average molecular weight is 521 g/mol. The lowest BCUT2D eigenvalue weighted by Crippen LogP contribution is -2.36. The third kappa shape index (κ3) is 5.13. The summed E-state index contributed by atoms with van der Waals surface area (Å²) in [6, 6.07) is 12.0. The van der Waals surface area contributed by atoms with Crippen LogP contribution in [-0.2, 0) is 19.1 Å². The van der Waals surface area contributed by atoms with Crippen molar-refractivity contribution in [1.29, 1.82) is 0 Å². The normalized spacial score (nSPS) is 17.4. The van der Waals surface area contributed by atoms with Crippen molar-refractivity contribution in [3.63, 3.8) is 0 Å². The monoisotopic (exact) mass is 520 g/mol. The summed E-state index contributed by atoms with van der Waals surface area (Å²) in [5, 5.41) is 22.1. The quantitative estimate of drug-likeness (QED) is 0.314. The van der Waals surface area contributed by atoms with Gasteiger partial charge in [0.25, 0.3) is 0 Å². The minimum atomic E-state index is -0.808. The number of esters is 2. The molecule has 2 unspecified atom stereocenters. The zero-order chi connectivity index (χ0) is 26.7. The van der Waals surface area contributed by atoms with Crippen LogP contribution in [0, 0.1) is 5.92 Å². The first-order valence-electron chi connectivity index (χ1n) is 11.9. The number of aliphatic imine (C=N–C) groups is 1. The standard InChI is InChI=1S/C28H28N2O6S/c1-5-35-27(33)23-15(3)29-16(4)24(28(34)36-6-2)25(23)18-9-7-8-10-19(18)26-30-20(14-37-26)17-11-12-21(31)22(32)13-17/h7-14,23,25,31-32H,5-6H2,1-4H3. The number of ether oxygens (including phenoxy) is 2. The summed E-state index contributed by atoms with van der Waals surface area (Å²) in [7, 11) is 0. The number of aromatic nitrogens is 1. The fraction of sp³-hybridized carbons (Fsp3) is 0.286. The molecule has 2 N–H and O–H groups in total. The minimum Gasteiger partial charge on any atom is -0.504 e. The maximum Gasteiger partial charge on any atom is 0.336 e. The summed E-state index contributed by atoms with van der Waals surface area (Å²) in [6.45, 7) is 7.36. The van der Waals surface area contributed by atoms with Crippen molar-refractivity contribution in [2.24, 2.45) is 10.9 Å². The number of carbonyl (C=O) groups is 2. The molecule has 37 heavy (non-hydrogen) atoms. The molecule has 0 saturated heterocycles. The van der Waals surface area contributed by atoms with E-state index in [4.69, 9.17) is 14.5 Å². The van der Waals surface area contributed by atoms with Gasteiger partial charge in [-0.2, -0.15) is 0 Å². The third-order valence-electron chi connectivity index (χ3n) is 6.17. The maximum atomic E-state index is 13.2. The second-order valence-corrected chi connectivity index (χ2v) is 9.37. The number of carbonyl (C=O) groups excluding carboxylic acids is 2. The first-order chi connectivity index (χ1) is 17.8. The van der Waals surface area contributed by atoms with Crippen LogP contribution in [0.5, 0.6) is 11.5 Å². The Labute approximate surface area is 218 Å². The van der Waals surface area contributed by atoms with Crippen LogP contribution in [0.3, 0.4) is 0 Å². The molecule has 0 spiro atoms. The van der Waals surface area contributed by atoms with Gasteiger partial charge in [0.15, 0.2) is 11.5 Å². The van der Waals surface area contributed by atoms with E-state index < -0.39 is 23.8 Å². The molecule has 192 valence electrons. The van der Waals surface area contributed by atoms with E-state index in [1.807, 2.05) is 29.6 Å². The molecular weight excluding hydrogens is 492 g/mol. The van der Waals surface area contributed by atoms with Crippen LogP contribution in [-0.4, -0.2) is 46.1 Å². The number of rotatable bonds is 7. The molecule has 0 radical (unpaired) electrons. The topological polar surface area (TPSA) is 118 Å². The average Bonchev–Trinajstić information content (AvgIpc) is 3.35. The molecule has 8 nitrogen and oxygen atoms in total. The Morgan fingerprint density at radius 1 is 1.00 bits per heavy atom. The highest BCUT2D eigenvalue weighted by Crippen LogP contribution is 2.44. The molecule has 0 amide bonds. The summed E-state index contributed by atoms with van der Waals surface area (Å²) in [5.41, 5.74) is 4.11. The van der Waals surface area contributed by atoms with E-state index >= 15 is 0 Å². The van der Waals surface area contributed by atoms with Crippen molar-refractivity contribution in [3.05, 3.63) is 64.7 Å². The Morgan fingerprint density at radius 3 is 2.43 bits per heavy atom. The maximum absolute atomic E-state index is 13.2. The molecule has 9 heteroatoms. The van der Waals surface area contributed by atoms with Gasteiger partial charge in [0, 0.05) is 33.8 Å². The summed E-state index contributed by atoms with van der Waals surface area (Å²) in [6.07, 6.45) is 0. The summed E-state index contributed by atoms with van der Waals surface area (Å²) in [5.74, 6) is -2.92. The highest BCUT2D eigenvalue weighted by Gasteiger charge is 2.43. The zero-order valence-corrected chi connectivity index (χ0v) is 21.8. The van der Waals surface area contributed by atoms with E-state index in [1.165, 1.54) is 23.5 Å². The number of nitrogens with zero attached hydrogens (tertiary/aromatic N) is 2. The zero-order valence-electron chi connectivity index (χ0n) is 21.0. The summed E-state index contributed by atoms with van der Waals surface area (Å²) >= 11 is 1.39. The lowest BCUT2D eigenvalue weighted by molar-refractivity contribution is -0.146. The predicted molar refractivity (Wildman–Crippen MR) is 142 cm³/mol. The van der Waals surface area contributed by atoms with Gasteiger partial charge in [0.2, 0.25) is 0 Å². The molecule has 1 aliphatic rings. The molecule has 2 heterocycles. The molecule has 1 aromatic heterocycles. The van der Waals surface area contributed by atoms with Gasteiger partial charge in [-0.3, -0.25) is 9.79 Å². The van der Waals surface area contributed by atoms with E-state index in [9.17, 15) is 19.8 Å². The number of phenols is 2. The summed E-state index contributed by atoms with van der Waals surface area (Å²) in [4.78, 5) is 35.7. The number of hydrogen-bond donors (Lipinski definition) is 2. The first kappa shape index (κ1) is 26.1. The van der Waals surface area contributed by atoms with Gasteiger partial charge in [-0.25, -0.2) is 9.78 Å². The fourth-order valence-corrected chi connectivity index (χ4v) is 5.44. The van der Waals surface area contributed by atoms with Crippen LogP contribution in [0.15, 0.2) is 64.1 Å². The van der Waals surface area contributed by atoms with Crippen LogP contribution >= 0.6 is 11.3 Å². The largest absolute Gasteiger partial charge is 0.504 e. The fourth-order valence-electron chi connectivity index (χ4n) is 4.56. The van der Waals surface area contributed by atoms with Crippen LogP contribution in [0.25, 0.3) is 21.8 Å². The Hall–Kier alpha value is -3.98. The number of allylic oxidation sites excluding steroid dienone is 1. The van der Waals surface area contributed by atoms with Crippen molar-refractivity contribution in [2.45, 2.75) is 33.6 Å². The Morgan fingerprint density at radius 2 is 1.73 bits per heavy atom. The Bertz CT molecular complexity index is 1410. The molecule has 0 aliphatic carbocycles. The minimum absolute atomic E-state index is 0.187. The van der Waals surface area contributed by atoms with Crippen molar-refractivity contribution in [1.82, 2.24) is 4.98 Å². The first-order valence-corrected chi connectivity index (χ1v) is 12.8. The number of benzene rings is 2. The number of thiazole rings is 1. The van der Waals surface area contributed by atoms with E-state index in [0.29, 0.717) is 33.2 Å². The Kier molecular flexibility index (Phi) is 7.73. The molecule has 2 atom stereocenters. The van der Waals surface area contributed by atoms with Gasteiger partial charge in [-0.05, 0) is 51.5 Å². The van der Waals surface area contributed by atoms with Crippen molar-refractivity contribution >= 4 is 29.0 Å². The van der Waals surface area contributed by atoms with Crippen LogP contribution in [0.1, 0.15) is 39.2 Å². The van der Waals surface area contributed by atoms with Crippen LogP contribution in [0.2, 0.25) is 0 Å². The predicted octanol–water partition coefficient (Wildman–Crippen LogP) is 5.46. The highest BCUT2D eigenvalue weighted by molar-refractivity contribution is 7.13. The highest BCUT2D eigenvalue weighted by atomic mass is 32.1. The number of hydrogen-bond acceptors (Lipinski definition) is 9. The smallest absolute Gasteiger partial charge is 0.336 e. The molecule has 2 aromatic carbocycles. The lowest BCUT2D eigenvalue weighted by Gasteiger charge is -2.32. The van der Waals surface area contributed by atoms with Crippen LogP contribution < -0.4 is 0 Å². The second-order valence-electron chi connectivity index (χ2n) is 8.51. The van der Waals surface area contributed by atoms with Gasteiger partial charge < -0.3 is 19.7 Å². The second kappa shape index (κ2) is 11.0. The van der Waals surface area contributed by atoms with E-state index in [-0.39, 0.29) is 24.7 Å². The lowest BCUT2D eigenvalue weighted by atomic mass is 9.74. The molecular formula is C28H28N2O6S. The van der Waals surface area contributed by atoms with Gasteiger partial charge in [-0.1, -0.05) is 24.3 Å². The van der Waals surface area contributed by atoms with Gasteiger partial charge in [-0.15, -0.1) is 11.3 Å². The molecule has 0 saturated carbocycles. The van der Waals surface area contributed by atoms with Crippen molar-refractivity contribution < 1.29 is 29.3 Å². The van der Waals surface area contributed by atoms with Crippen molar-refractivity contribution in [2.75, 3.05) is 13.2 Å². The molecule has 0 bridgehead atoms. The number of aromatic hydroxyl groups is 2. The van der Waals surface area contributed by atoms with Gasteiger partial charge >= 0.3 is 11.9 Å². The molecule has 3 aromatic rings. The SMILES string of the molecule is CCOC(=O)C1=C(C)N=C(C)C(C(=O)OCC)C1c1ccccc1-c1nc(-c2ccc(O)c(O)c2)cs1. The van der Waals surface area contributed by atoms with E-state index in [1.54, 1.807) is 33.8 Å². The third-order valence-corrected chi connectivity index (χ3v) is 7.04. The Balaban J connectivity index is 1.87. The van der Waals surface area contributed by atoms with E-state index in [2.05, 4.69) is 4.99 Å². The van der Waals surface area contributed by atoms with E-state index in [0.717, 1.165) is 11.1 Å². The van der Waals surface area contributed by atoms with Gasteiger partial charge in [0.05, 0.1) is 24.5 Å². The number of phenolic OH excluding ortho intramolecular Hbond substituents is 2. The summed E-state index contributed by atoms with van der Waals surface area (Å²) < 4.78 is 10.8. The molecule has 4 rings (SSSR count). The molecule has 1 aliphatic heterocycles. The van der Waals surface area contributed by atoms with Gasteiger partial charge in [0.1, 0.15) is 10.9 Å². The van der Waals surface area contributed by atoms with Crippen molar-refractivity contribution in [3.8, 4) is 33.3 Å².